The SMILES string of the molecule is CCOC(=O)NC(CNC(=O)C1CCCN1C(=O)c1ccc2ccccc2c1O)CC(C)C. The van der Waals surface area contributed by atoms with Gasteiger partial charge < -0.3 is 25.4 Å². The van der Waals surface area contributed by atoms with Crippen molar-refractivity contribution in [2.24, 2.45) is 5.92 Å². The number of nitrogens with zero attached hydrogens (tertiary/aromatic N) is 1. The number of rotatable bonds is 8. The molecule has 2 aromatic carbocycles. The number of hydrogen-bond acceptors (Lipinski definition) is 5. The van der Waals surface area contributed by atoms with Crippen LogP contribution < -0.4 is 10.6 Å². The fourth-order valence-corrected chi connectivity index (χ4v) is 4.31. The fourth-order valence-electron chi connectivity index (χ4n) is 4.31. The number of alkyl carbamates (subject to hydrolysis) is 1. The van der Waals surface area contributed by atoms with Crippen molar-refractivity contribution < 1.29 is 24.2 Å². The highest BCUT2D eigenvalue weighted by Gasteiger charge is 2.35. The number of phenolic OH excluding ortho intramolecular Hbond substituents is 1. The number of carbonyl (C=O) groups is 3. The van der Waals surface area contributed by atoms with E-state index in [9.17, 15) is 19.5 Å². The lowest BCUT2D eigenvalue weighted by Crippen LogP contribution is -2.50. The number of hydrogen-bond donors (Lipinski definition) is 3. The van der Waals surface area contributed by atoms with Crippen molar-refractivity contribution in [3.63, 3.8) is 0 Å². The summed E-state index contributed by atoms with van der Waals surface area (Å²) in [5.74, 6) is -0.381. The highest BCUT2D eigenvalue weighted by atomic mass is 16.5. The van der Waals surface area contributed by atoms with Gasteiger partial charge in [-0.3, -0.25) is 9.59 Å². The first-order valence-electron chi connectivity index (χ1n) is 11.5. The van der Waals surface area contributed by atoms with Crippen molar-refractivity contribution in [3.8, 4) is 5.75 Å². The molecule has 178 valence electrons. The molecule has 33 heavy (non-hydrogen) atoms. The maximum Gasteiger partial charge on any atom is 0.407 e. The van der Waals surface area contributed by atoms with Gasteiger partial charge in [0.05, 0.1) is 12.2 Å². The standard InChI is InChI=1S/C25H33N3O5/c1-4-33-25(32)27-18(14-16(2)3)15-26-23(30)21-10-7-13-28(21)24(31)20-12-11-17-8-5-6-9-19(17)22(20)29/h5-6,8-9,11-12,16,18,21,29H,4,7,10,13-15H2,1-3H3,(H,26,30)(H,27,32). The van der Waals surface area contributed by atoms with Crippen LogP contribution in [0.2, 0.25) is 0 Å². The molecule has 0 aliphatic carbocycles. The number of carbonyl (C=O) groups excluding carboxylic acids is 3. The molecule has 3 amide bonds. The zero-order chi connectivity index (χ0) is 24.0. The molecule has 8 heteroatoms. The molecule has 2 atom stereocenters. The molecule has 1 aliphatic rings. The summed E-state index contributed by atoms with van der Waals surface area (Å²) in [4.78, 5) is 39.6. The van der Waals surface area contributed by atoms with Gasteiger partial charge in [-0.15, -0.1) is 0 Å². The number of fused-ring (bicyclic) bond motifs is 1. The second-order valence-electron chi connectivity index (χ2n) is 8.78. The number of likely N-dealkylation sites (tertiary alicyclic amines) is 1. The zero-order valence-electron chi connectivity index (χ0n) is 19.5. The summed E-state index contributed by atoms with van der Waals surface area (Å²) in [7, 11) is 0. The van der Waals surface area contributed by atoms with Crippen LogP contribution in [0.5, 0.6) is 5.75 Å². The molecule has 3 rings (SSSR count). The molecule has 0 aromatic heterocycles. The Labute approximate surface area is 194 Å². The van der Waals surface area contributed by atoms with Crippen molar-refractivity contribution >= 4 is 28.7 Å². The number of ether oxygens (including phenoxy) is 1. The lowest BCUT2D eigenvalue weighted by molar-refractivity contribution is -0.124. The number of amides is 3. The number of nitrogens with one attached hydrogen (secondary N) is 2. The molecule has 0 saturated carbocycles. The van der Waals surface area contributed by atoms with Gasteiger partial charge in [-0.1, -0.05) is 44.2 Å². The molecule has 2 unspecified atom stereocenters. The largest absolute Gasteiger partial charge is 0.506 e. The minimum Gasteiger partial charge on any atom is -0.506 e. The van der Waals surface area contributed by atoms with Crippen molar-refractivity contribution in [2.45, 2.75) is 52.1 Å². The van der Waals surface area contributed by atoms with Gasteiger partial charge in [0.1, 0.15) is 11.8 Å². The van der Waals surface area contributed by atoms with Crippen molar-refractivity contribution in [1.29, 1.82) is 0 Å². The van der Waals surface area contributed by atoms with Gasteiger partial charge in [-0.25, -0.2) is 4.79 Å². The smallest absolute Gasteiger partial charge is 0.407 e. The zero-order valence-corrected chi connectivity index (χ0v) is 19.5. The van der Waals surface area contributed by atoms with E-state index in [0.717, 1.165) is 5.39 Å². The fraction of sp³-hybridized carbons (Fsp3) is 0.480. The summed E-state index contributed by atoms with van der Waals surface area (Å²) in [6.45, 7) is 6.77. The van der Waals surface area contributed by atoms with E-state index in [4.69, 9.17) is 4.74 Å². The van der Waals surface area contributed by atoms with Crippen molar-refractivity contribution in [3.05, 3.63) is 42.0 Å². The van der Waals surface area contributed by atoms with E-state index in [1.807, 2.05) is 26.0 Å². The minimum absolute atomic E-state index is 0.0696. The van der Waals surface area contributed by atoms with Crippen LogP contribution in [0.4, 0.5) is 4.79 Å². The Bertz CT molecular complexity index is 1010. The predicted molar refractivity (Wildman–Crippen MR) is 126 cm³/mol. The Morgan fingerprint density at radius 1 is 1.18 bits per heavy atom. The van der Waals surface area contributed by atoms with E-state index in [2.05, 4.69) is 10.6 Å². The summed E-state index contributed by atoms with van der Waals surface area (Å²) < 4.78 is 4.96. The predicted octanol–water partition coefficient (Wildman–Crippen LogP) is 3.43. The van der Waals surface area contributed by atoms with E-state index >= 15 is 0 Å². The van der Waals surface area contributed by atoms with Crippen molar-refractivity contribution in [1.82, 2.24) is 15.5 Å². The van der Waals surface area contributed by atoms with Crippen LogP contribution in [-0.4, -0.2) is 59.7 Å². The second-order valence-corrected chi connectivity index (χ2v) is 8.78. The van der Waals surface area contributed by atoms with Gasteiger partial charge in [0.15, 0.2) is 0 Å². The molecule has 1 saturated heterocycles. The summed E-state index contributed by atoms with van der Waals surface area (Å²) in [5.41, 5.74) is 0.190. The molecule has 1 aliphatic heterocycles. The molecule has 0 radical (unpaired) electrons. The number of benzene rings is 2. The molecule has 0 bridgehead atoms. The molecular weight excluding hydrogens is 422 g/mol. The molecule has 0 spiro atoms. The first-order chi connectivity index (χ1) is 15.8. The van der Waals surface area contributed by atoms with E-state index < -0.39 is 12.1 Å². The minimum atomic E-state index is -0.620. The molecule has 1 heterocycles. The maximum atomic E-state index is 13.2. The van der Waals surface area contributed by atoms with Crippen LogP contribution in [0, 0.1) is 5.92 Å². The average molecular weight is 456 g/mol. The summed E-state index contributed by atoms with van der Waals surface area (Å²) in [5, 5.41) is 17.8. The van der Waals surface area contributed by atoms with Gasteiger partial charge in [-0.2, -0.15) is 0 Å². The van der Waals surface area contributed by atoms with Gasteiger partial charge in [-0.05, 0) is 43.6 Å². The van der Waals surface area contributed by atoms with E-state index in [1.54, 1.807) is 31.2 Å². The molecule has 2 aromatic rings. The monoisotopic (exact) mass is 455 g/mol. The van der Waals surface area contributed by atoms with E-state index in [-0.39, 0.29) is 42.3 Å². The van der Waals surface area contributed by atoms with Gasteiger partial charge in [0.25, 0.3) is 5.91 Å². The maximum absolute atomic E-state index is 13.2. The third-order valence-corrected chi connectivity index (χ3v) is 5.82. The normalized spacial score (nSPS) is 16.6. The molecule has 3 N–H and O–H groups in total. The lowest BCUT2D eigenvalue weighted by atomic mass is 10.0. The van der Waals surface area contributed by atoms with Gasteiger partial charge in [0, 0.05) is 24.5 Å². The Balaban J connectivity index is 1.68. The Hall–Kier alpha value is -3.29. The highest BCUT2D eigenvalue weighted by molar-refractivity contribution is 6.05. The van der Waals surface area contributed by atoms with Crippen LogP contribution in [0.1, 0.15) is 50.4 Å². The van der Waals surface area contributed by atoms with Crippen LogP contribution in [0.25, 0.3) is 10.8 Å². The first kappa shape index (κ1) is 24.4. The van der Waals surface area contributed by atoms with E-state index in [1.165, 1.54) is 4.90 Å². The van der Waals surface area contributed by atoms with Gasteiger partial charge in [0.2, 0.25) is 5.91 Å². The highest BCUT2D eigenvalue weighted by Crippen LogP contribution is 2.31. The van der Waals surface area contributed by atoms with Crippen LogP contribution in [-0.2, 0) is 9.53 Å². The Kier molecular flexibility index (Phi) is 8.14. The van der Waals surface area contributed by atoms with Gasteiger partial charge >= 0.3 is 6.09 Å². The third-order valence-electron chi connectivity index (χ3n) is 5.82. The van der Waals surface area contributed by atoms with Crippen LogP contribution in [0.3, 0.4) is 0 Å². The molecule has 1 fully saturated rings. The quantitative estimate of drug-likeness (QED) is 0.565. The van der Waals surface area contributed by atoms with Crippen LogP contribution >= 0.6 is 0 Å². The first-order valence-corrected chi connectivity index (χ1v) is 11.5. The van der Waals surface area contributed by atoms with E-state index in [0.29, 0.717) is 37.1 Å². The molecule has 8 nitrogen and oxygen atoms in total. The van der Waals surface area contributed by atoms with Crippen LogP contribution in [0.15, 0.2) is 36.4 Å². The topological polar surface area (TPSA) is 108 Å². The summed E-state index contributed by atoms with van der Waals surface area (Å²) in [6, 6.07) is 9.82. The third kappa shape index (κ3) is 5.94. The Morgan fingerprint density at radius 3 is 2.67 bits per heavy atom. The number of phenols is 1. The lowest BCUT2D eigenvalue weighted by Gasteiger charge is -2.26. The average Bonchev–Trinajstić information content (AvgIpc) is 3.27. The second kappa shape index (κ2) is 11.0. The Morgan fingerprint density at radius 2 is 1.94 bits per heavy atom. The van der Waals surface area contributed by atoms with Crippen molar-refractivity contribution in [2.75, 3.05) is 19.7 Å². The summed E-state index contributed by atoms with van der Waals surface area (Å²) in [6.07, 6.45) is 1.42. The number of aromatic hydroxyl groups is 1. The summed E-state index contributed by atoms with van der Waals surface area (Å²) >= 11 is 0. The molecular formula is C25H33N3O5.